The molecule has 0 N–H and O–H groups in total. The van der Waals surface area contributed by atoms with Gasteiger partial charge in [0.25, 0.3) is 5.91 Å². The van der Waals surface area contributed by atoms with Crippen molar-refractivity contribution in [1.29, 1.82) is 0 Å². The van der Waals surface area contributed by atoms with Gasteiger partial charge >= 0.3 is 0 Å². The maximum absolute atomic E-state index is 12.6. The van der Waals surface area contributed by atoms with Crippen LogP contribution in [0.3, 0.4) is 0 Å². The normalized spacial score (nSPS) is 22.0. The Labute approximate surface area is 155 Å². The molecule has 132 valence electrons. The number of likely N-dealkylation sites (tertiary alicyclic amines) is 1. The second-order valence-corrected chi connectivity index (χ2v) is 6.97. The fourth-order valence-electron chi connectivity index (χ4n) is 2.99. The molecule has 0 spiro atoms. The van der Waals surface area contributed by atoms with Crippen molar-refractivity contribution in [3.8, 4) is 5.75 Å². The van der Waals surface area contributed by atoms with Gasteiger partial charge in [0.1, 0.15) is 5.75 Å². The van der Waals surface area contributed by atoms with Gasteiger partial charge in [-0.3, -0.25) is 4.79 Å². The standard InChI is InChI=1S/C16H18Cl3NO4/c17-10-7-12(19)14(8-11(10)18)24-9-15(21)20-4-2-1-3-13(20)16-22-5-6-23-16/h7-8,13,16H,1-6,9H2. The van der Waals surface area contributed by atoms with E-state index in [-0.39, 0.29) is 24.8 Å². The third kappa shape index (κ3) is 4.09. The van der Waals surface area contributed by atoms with Gasteiger partial charge < -0.3 is 19.1 Å². The second-order valence-electron chi connectivity index (χ2n) is 5.75. The fourth-order valence-corrected chi connectivity index (χ4v) is 3.58. The minimum absolute atomic E-state index is 0.0679. The van der Waals surface area contributed by atoms with Crippen molar-refractivity contribution in [2.24, 2.45) is 0 Å². The van der Waals surface area contributed by atoms with Crippen molar-refractivity contribution in [1.82, 2.24) is 4.90 Å². The van der Waals surface area contributed by atoms with Gasteiger partial charge in [0.05, 0.1) is 34.3 Å². The minimum atomic E-state index is -0.345. The Morgan fingerprint density at radius 2 is 1.83 bits per heavy atom. The number of halogens is 3. The largest absolute Gasteiger partial charge is 0.482 e. The van der Waals surface area contributed by atoms with Gasteiger partial charge in [0.2, 0.25) is 0 Å². The first kappa shape index (κ1) is 18.1. The molecule has 0 aromatic heterocycles. The van der Waals surface area contributed by atoms with Gasteiger partial charge in [-0.1, -0.05) is 34.8 Å². The highest BCUT2D eigenvalue weighted by atomic mass is 35.5. The van der Waals surface area contributed by atoms with Crippen LogP contribution < -0.4 is 4.74 Å². The van der Waals surface area contributed by atoms with E-state index in [9.17, 15) is 4.79 Å². The summed E-state index contributed by atoms with van der Waals surface area (Å²) in [4.78, 5) is 14.4. The monoisotopic (exact) mass is 393 g/mol. The average Bonchev–Trinajstić information content (AvgIpc) is 3.11. The zero-order valence-electron chi connectivity index (χ0n) is 13.0. The molecule has 2 aliphatic heterocycles. The SMILES string of the molecule is O=C(COc1cc(Cl)c(Cl)cc1Cl)N1CCCCC1C1OCCO1. The molecule has 0 radical (unpaired) electrons. The molecule has 1 aromatic carbocycles. The van der Waals surface area contributed by atoms with Gasteiger partial charge in [-0.2, -0.15) is 0 Å². The molecule has 1 aromatic rings. The summed E-state index contributed by atoms with van der Waals surface area (Å²) in [6.45, 7) is 1.68. The van der Waals surface area contributed by atoms with Crippen LogP contribution in [-0.4, -0.2) is 49.5 Å². The van der Waals surface area contributed by atoms with Crippen molar-refractivity contribution in [3.05, 3.63) is 27.2 Å². The lowest BCUT2D eigenvalue weighted by atomic mass is 10.0. The molecule has 2 heterocycles. The Morgan fingerprint density at radius 1 is 1.12 bits per heavy atom. The Balaban J connectivity index is 1.64. The molecule has 24 heavy (non-hydrogen) atoms. The van der Waals surface area contributed by atoms with Gasteiger partial charge in [-0.25, -0.2) is 0 Å². The number of benzene rings is 1. The minimum Gasteiger partial charge on any atom is -0.482 e. The van der Waals surface area contributed by atoms with Crippen molar-refractivity contribution in [3.63, 3.8) is 0 Å². The zero-order chi connectivity index (χ0) is 17.1. The van der Waals surface area contributed by atoms with Crippen LogP contribution >= 0.6 is 34.8 Å². The van der Waals surface area contributed by atoms with Crippen LogP contribution in [0.1, 0.15) is 19.3 Å². The van der Waals surface area contributed by atoms with Crippen LogP contribution in [0.25, 0.3) is 0 Å². The quantitative estimate of drug-likeness (QED) is 0.729. The summed E-state index contributed by atoms with van der Waals surface area (Å²) in [7, 11) is 0. The lowest BCUT2D eigenvalue weighted by molar-refractivity contribution is -0.152. The molecular formula is C16H18Cl3NO4. The maximum atomic E-state index is 12.6. The molecule has 1 amide bonds. The highest BCUT2D eigenvalue weighted by Gasteiger charge is 2.36. The van der Waals surface area contributed by atoms with E-state index < -0.39 is 0 Å². The highest BCUT2D eigenvalue weighted by molar-refractivity contribution is 6.43. The van der Waals surface area contributed by atoms with Gasteiger partial charge in [-0.15, -0.1) is 0 Å². The third-order valence-electron chi connectivity index (χ3n) is 4.16. The molecule has 0 bridgehead atoms. The van der Waals surface area contributed by atoms with E-state index in [1.54, 1.807) is 4.90 Å². The van der Waals surface area contributed by atoms with Crippen LogP contribution in [-0.2, 0) is 14.3 Å². The summed E-state index contributed by atoms with van der Waals surface area (Å²) in [5, 5.41) is 0.981. The number of nitrogens with zero attached hydrogens (tertiary/aromatic N) is 1. The van der Waals surface area contributed by atoms with Crippen molar-refractivity contribution < 1.29 is 19.0 Å². The van der Waals surface area contributed by atoms with E-state index in [1.165, 1.54) is 12.1 Å². The summed E-state index contributed by atoms with van der Waals surface area (Å²) in [6, 6.07) is 2.94. The fraction of sp³-hybridized carbons (Fsp3) is 0.562. The van der Waals surface area contributed by atoms with Crippen LogP contribution in [0.4, 0.5) is 0 Å². The Hall–Kier alpha value is -0.720. The zero-order valence-corrected chi connectivity index (χ0v) is 15.2. The number of hydrogen-bond acceptors (Lipinski definition) is 4. The molecule has 2 fully saturated rings. The van der Waals surface area contributed by atoms with Crippen LogP contribution in [0, 0.1) is 0 Å². The molecule has 2 saturated heterocycles. The predicted octanol–water partition coefficient (Wildman–Crippen LogP) is 3.78. The number of rotatable bonds is 4. The molecule has 8 heteroatoms. The molecule has 0 aliphatic carbocycles. The number of amides is 1. The average molecular weight is 395 g/mol. The summed E-state index contributed by atoms with van der Waals surface area (Å²) >= 11 is 17.9. The molecule has 2 aliphatic rings. The molecule has 5 nitrogen and oxygen atoms in total. The van der Waals surface area contributed by atoms with Crippen LogP contribution in [0.5, 0.6) is 5.75 Å². The Morgan fingerprint density at radius 3 is 2.58 bits per heavy atom. The van der Waals surface area contributed by atoms with Gasteiger partial charge in [0, 0.05) is 12.6 Å². The van der Waals surface area contributed by atoms with E-state index in [0.29, 0.717) is 40.6 Å². The smallest absolute Gasteiger partial charge is 0.260 e. The Bertz CT molecular complexity index is 607. The van der Waals surface area contributed by atoms with Crippen molar-refractivity contribution >= 4 is 40.7 Å². The lowest BCUT2D eigenvalue weighted by Crippen LogP contribution is -2.51. The molecule has 0 saturated carbocycles. The van der Waals surface area contributed by atoms with Gasteiger partial charge in [0.15, 0.2) is 12.9 Å². The van der Waals surface area contributed by atoms with Crippen molar-refractivity contribution in [2.45, 2.75) is 31.6 Å². The van der Waals surface area contributed by atoms with E-state index in [4.69, 9.17) is 49.0 Å². The van der Waals surface area contributed by atoms with E-state index in [1.807, 2.05) is 0 Å². The first-order chi connectivity index (χ1) is 11.6. The summed E-state index contributed by atoms with van der Waals surface area (Å²) in [6.07, 6.45) is 2.53. The molecule has 1 unspecified atom stereocenters. The first-order valence-corrected chi connectivity index (χ1v) is 8.99. The molecular weight excluding hydrogens is 377 g/mol. The number of piperidine rings is 1. The van der Waals surface area contributed by atoms with Crippen LogP contribution in [0.2, 0.25) is 15.1 Å². The van der Waals surface area contributed by atoms with Crippen LogP contribution in [0.15, 0.2) is 12.1 Å². The highest BCUT2D eigenvalue weighted by Crippen LogP contribution is 2.34. The Kier molecular flexibility index (Phi) is 6.11. The summed E-state index contributed by atoms with van der Waals surface area (Å²) < 4.78 is 16.7. The number of carbonyl (C=O) groups is 1. The predicted molar refractivity (Wildman–Crippen MR) is 92.0 cm³/mol. The van der Waals surface area contributed by atoms with E-state index >= 15 is 0 Å². The molecule has 1 atom stereocenters. The number of carbonyl (C=O) groups excluding carboxylic acids is 1. The number of ether oxygens (including phenoxy) is 3. The van der Waals surface area contributed by atoms with E-state index in [0.717, 1.165) is 19.3 Å². The van der Waals surface area contributed by atoms with Crippen molar-refractivity contribution in [2.75, 3.05) is 26.4 Å². The van der Waals surface area contributed by atoms with E-state index in [2.05, 4.69) is 0 Å². The second kappa shape index (κ2) is 8.11. The third-order valence-corrected chi connectivity index (χ3v) is 5.17. The lowest BCUT2D eigenvalue weighted by Gasteiger charge is -2.37. The van der Waals surface area contributed by atoms with Gasteiger partial charge in [-0.05, 0) is 25.3 Å². The number of hydrogen-bond donors (Lipinski definition) is 0. The summed E-state index contributed by atoms with van der Waals surface area (Å²) in [5.41, 5.74) is 0. The topological polar surface area (TPSA) is 48.0 Å². The maximum Gasteiger partial charge on any atom is 0.260 e. The first-order valence-electron chi connectivity index (χ1n) is 7.86. The molecule has 3 rings (SSSR count). The summed E-state index contributed by atoms with van der Waals surface area (Å²) in [5.74, 6) is 0.210.